The molecule has 0 aliphatic carbocycles. The van der Waals surface area contributed by atoms with Crippen LogP contribution in [0.1, 0.15) is 5.56 Å². The van der Waals surface area contributed by atoms with Crippen molar-refractivity contribution < 1.29 is 14.5 Å². The number of carbonyl (C=O) groups excluding carboxylic acids is 1. The van der Waals surface area contributed by atoms with E-state index in [1.54, 1.807) is 35.6 Å². The predicted molar refractivity (Wildman–Crippen MR) is 117 cm³/mol. The van der Waals surface area contributed by atoms with Gasteiger partial charge < -0.3 is 14.5 Å². The van der Waals surface area contributed by atoms with Gasteiger partial charge in [0, 0.05) is 50.5 Å². The molecule has 154 valence electrons. The number of aromatic nitrogens is 1. The van der Waals surface area contributed by atoms with Crippen molar-refractivity contribution >= 4 is 44.4 Å². The molecule has 0 atom stereocenters. The van der Waals surface area contributed by atoms with E-state index in [-0.39, 0.29) is 5.69 Å². The van der Waals surface area contributed by atoms with E-state index in [4.69, 9.17) is 9.72 Å². The second kappa shape index (κ2) is 8.60. The van der Waals surface area contributed by atoms with E-state index in [0.29, 0.717) is 11.3 Å². The Morgan fingerprint density at radius 3 is 2.60 bits per heavy atom. The molecule has 0 unspecified atom stereocenters. The Hall–Kier alpha value is -3.30. The first kappa shape index (κ1) is 20.0. The van der Waals surface area contributed by atoms with Gasteiger partial charge in [-0.1, -0.05) is 11.3 Å². The van der Waals surface area contributed by atoms with Crippen molar-refractivity contribution in [3.05, 3.63) is 64.2 Å². The summed E-state index contributed by atoms with van der Waals surface area (Å²) in [4.78, 5) is 31.6. The van der Waals surface area contributed by atoms with Crippen molar-refractivity contribution in [2.24, 2.45) is 0 Å². The van der Waals surface area contributed by atoms with E-state index in [1.807, 2.05) is 12.1 Å². The van der Waals surface area contributed by atoms with Crippen molar-refractivity contribution in [1.29, 1.82) is 0 Å². The van der Waals surface area contributed by atoms with Crippen LogP contribution >= 0.6 is 11.3 Å². The van der Waals surface area contributed by atoms with Crippen molar-refractivity contribution in [3.8, 4) is 5.75 Å². The van der Waals surface area contributed by atoms with Crippen molar-refractivity contribution in [1.82, 2.24) is 9.88 Å². The molecule has 1 fully saturated rings. The summed E-state index contributed by atoms with van der Waals surface area (Å²) in [6.07, 6.45) is 2.86. The number of piperazine rings is 1. The summed E-state index contributed by atoms with van der Waals surface area (Å²) < 4.78 is 6.37. The highest BCUT2D eigenvalue weighted by atomic mass is 32.1. The van der Waals surface area contributed by atoms with E-state index in [9.17, 15) is 14.9 Å². The van der Waals surface area contributed by atoms with Crippen LogP contribution in [-0.2, 0) is 4.79 Å². The SMILES string of the molecule is CN1CCN(c2nc3ccc(OC(=O)C=Cc4ccc([N+](=O)[O-])cc4)cc3s2)CC1. The number of carbonyl (C=O) groups is 1. The van der Waals surface area contributed by atoms with Crippen LogP contribution in [0.4, 0.5) is 10.8 Å². The zero-order valence-corrected chi connectivity index (χ0v) is 17.2. The zero-order valence-electron chi connectivity index (χ0n) is 16.4. The van der Waals surface area contributed by atoms with Crippen LogP contribution in [0.5, 0.6) is 5.75 Å². The molecule has 0 saturated carbocycles. The summed E-state index contributed by atoms with van der Waals surface area (Å²) in [6, 6.07) is 11.3. The Morgan fingerprint density at radius 1 is 1.17 bits per heavy atom. The first-order valence-corrected chi connectivity index (χ1v) is 10.3. The lowest BCUT2D eigenvalue weighted by Gasteiger charge is -2.31. The molecule has 8 nitrogen and oxygen atoms in total. The van der Waals surface area contributed by atoms with Gasteiger partial charge in [0.1, 0.15) is 5.75 Å². The van der Waals surface area contributed by atoms with Gasteiger partial charge in [-0.3, -0.25) is 10.1 Å². The maximum atomic E-state index is 12.1. The monoisotopic (exact) mass is 424 g/mol. The Labute approximate surface area is 177 Å². The topological polar surface area (TPSA) is 88.8 Å². The zero-order chi connectivity index (χ0) is 21.1. The Balaban J connectivity index is 1.41. The molecule has 0 amide bonds. The van der Waals surface area contributed by atoms with Gasteiger partial charge in [0.15, 0.2) is 5.13 Å². The van der Waals surface area contributed by atoms with E-state index in [2.05, 4.69) is 16.8 Å². The van der Waals surface area contributed by atoms with Crippen LogP contribution < -0.4 is 9.64 Å². The lowest BCUT2D eigenvalue weighted by molar-refractivity contribution is -0.384. The van der Waals surface area contributed by atoms with Crippen LogP contribution in [0.2, 0.25) is 0 Å². The molecule has 4 rings (SSSR count). The molecule has 0 N–H and O–H groups in total. The third-order valence-corrected chi connectivity index (χ3v) is 5.94. The van der Waals surface area contributed by atoms with Gasteiger partial charge in [-0.05, 0) is 43.0 Å². The summed E-state index contributed by atoms with van der Waals surface area (Å²) >= 11 is 1.59. The highest BCUT2D eigenvalue weighted by Gasteiger charge is 2.18. The molecule has 3 aromatic rings. The fraction of sp³-hybridized carbons (Fsp3) is 0.238. The number of ether oxygens (including phenoxy) is 1. The highest BCUT2D eigenvalue weighted by molar-refractivity contribution is 7.22. The molecule has 30 heavy (non-hydrogen) atoms. The molecule has 9 heteroatoms. The first-order valence-electron chi connectivity index (χ1n) is 9.46. The van der Waals surface area contributed by atoms with Gasteiger partial charge in [0.2, 0.25) is 0 Å². The maximum absolute atomic E-state index is 12.1. The quantitative estimate of drug-likeness (QED) is 0.203. The Bertz CT molecular complexity index is 1100. The number of esters is 1. The lowest BCUT2D eigenvalue weighted by Crippen LogP contribution is -2.44. The Kier molecular flexibility index (Phi) is 5.73. The van der Waals surface area contributed by atoms with Gasteiger partial charge in [-0.2, -0.15) is 0 Å². The third-order valence-electron chi connectivity index (χ3n) is 4.86. The molecule has 0 radical (unpaired) electrons. The minimum absolute atomic E-state index is 0.00327. The molecule has 1 saturated heterocycles. The van der Waals surface area contributed by atoms with E-state index < -0.39 is 10.9 Å². The van der Waals surface area contributed by atoms with Gasteiger partial charge in [0.05, 0.1) is 15.1 Å². The number of thiazole rings is 1. The van der Waals surface area contributed by atoms with Crippen LogP contribution in [0, 0.1) is 10.1 Å². The van der Waals surface area contributed by atoms with E-state index in [0.717, 1.165) is 41.5 Å². The number of anilines is 1. The molecule has 1 aliphatic rings. The highest BCUT2D eigenvalue weighted by Crippen LogP contribution is 2.32. The number of non-ortho nitro benzene ring substituents is 1. The van der Waals surface area contributed by atoms with Crippen molar-refractivity contribution in [2.45, 2.75) is 0 Å². The van der Waals surface area contributed by atoms with Gasteiger partial charge in [0.25, 0.3) is 5.69 Å². The first-order chi connectivity index (χ1) is 14.5. The fourth-order valence-electron chi connectivity index (χ4n) is 3.11. The van der Waals surface area contributed by atoms with Crippen LogP contribution in [0.3, 0.4) is 0 Å². The number of likely N-dealkylation sites (N-methyl/N-ethyl adjacent to an activating group) is 1. The molecule has 1 aromatic heterocycles. The number of nitro benzene ring substituents is 1. The normalized spacial score (nSPS) is 15.0. The van der Waals surface area contributed by atoms with Crippen molar-refractivity contribution in [3.63, 3.8) is 0 Å². The molecular formula is C21H20N4O4S. The van der Waals surface area contributed by atoms with Crippen LogP contribution in [0.25, 0.3) is 16.3 Å². The van der Waals surface area contributed by atoms with Crippen LogP contribution in [0.15, 0.2) is 48.5 Å². The van der Waals surface area contributed by atoms with Crippen molar-refractivity contribution in [2.75, 3.05) is 38.1 Å². The molecule has 1 aliphatic heterocycles. The average molecular weight is 424 g/mol. The number of nitrogens with zero attached hydrogens (tertiary/aromatic N) is 4. The number of nitro groups is 1. The van der Waals surface area contributed by atoms with Gasteiger partial charge >= 0.3 is 5.97 Å². The number of hydrogen-bond acceptors (Lipinski definition) is 8. The number of benzene rings is 2. The predicted octanol–water partition coefficient (Wildman–Crippen LogP) is 3.58. The van der Waals surface area contributed by atoms with Gasteiger partial charge in [-0.25, -0.2) is 9.78 Å². The second-order valence-corrected chi connectivity index (χ2v) is 8.03. The fourth-order valence-corrected chi connectivity index (χ4v) is 4.16. The average Bonchev–Trinajstić information content (AvgIpc) is 3.16. The van der Waals surface area contributed by atoms with Gasteiger partial charge in [-0.15, -0.1) is 0 Å². The summed E-state index contributed by atoms with van der Waals surface area (Å²) in [5.74, 6) is -0.0639. The summed E-state index contributed by atoms with van der Waals surface area (Å²) in [5.41, 5.74) is 1.56. The van der Waals surface area contributed by atoms with E-state index >= 15 is 0 Å². The molecule has 2 aromatic carbocycles. The molecule has 0 bridgehead atoms. The number of rotatable bonds is 5. The Morgan fingerprint density at radius 2 is 1.90 bits per heavy atom. The second-order valence-electron chi connectivity index (χ2n) is 7.02. The molecule has 2 heterocycles. The third kappa shape index (κ3) is 4.64. The maximum Gasteiger partial charge on any atom is 0.336 e. The smallest absolute Gasteiger partial charge is 0.336 e. The molecular weight excluding hydrogens is 404 g/mol. The molecule has 0 spiro atoms. The van der Waals surface area contributed by atoms with E-state index in [1.165, 1.54) is 18.2 Å². The minimum Gasteiger partial charge on any atom is -0.423 e. The summed E-state index contributed by atoms with van der Waals surface area (Å²) in [7, 11) is 2.12. The minimum atomic E-state index is -0.517. The number of fused-ring (bicyclic) bond motifs is 1. The lowest BCUT2D eigenvalue weighted by atomic mass is 10.2. The summed E-state index contributed by atoms with van der Waals surface area (Å²) in [5, 5.41) is 11.7. The van der Waals surface area contributed by atoms with Crippen LogP contribution in [-0.4, -0.2) is 54.0 Å². The standard InChI is InChI=1S/C21H20N4O4S/c1-23-10-12-24(13-11-23)21-22-18-8-7-17(14-19(18)30-21)29-20(26)9-4-15-2-5-16(6-3-15)25(27)28/h2-9,14H,10-13H2,1H3. The number of hydrogen-bond donors (Lipinski definition) is 0. The summed E-state index contributed by atoms with van der Waals surface area (Å²) in [6.45, 7) is 3.93. The largest absolute Gasteiger partial charge is 0.423 e.